The molecule has 3 heterocycles. The van der Waals surface area contributed by atoms with Gasteiger partial charge in [-0.15, -0.1) is 0 Å². The Bertz CT molecular complexity index is 734. The Morgan fingerprint density at radius 1 is 1.45 bits per heavy atom. The van der Waals surface area contributed by atoms with Gasteiger partial charge in [0.15, 0.2) is 15.5 Å². The van der Waals surface area contributed by atoms with Gasteiger partial charge in [0, 0.05) is 18.7 Å². The van der Waals surface area contributed by atoms with Gasteiger partial charge in [0.2, 0.25) is 0 Å². The van der Waals surface area contributed by atoms with Gasteiger partial charge in [0.25, 0.3) is 0 Å². The molecule has 1 atom stereocenters. The normalized spacial score (nSPS) is 21.9. The van der Waals surface area contributed by atoms with E-state index in [0.29, 0.717) is 12.3 Å². The average molecular weight is 293 g/mol. The Morgan fingerprint density at radius 3 is 2.90 bits per heavy atom. The molecule has 0 amide bonds. The first-order valence-electron chi connectivity index (χ1n) is 7.02. The molecule has 1 unspecified atom stereocenters. The number of hydrogen-bond acceptors (Lipinski definition) is 4. The van der Waals surface area contributed by atoms with Gasteiger partial charge in [-0.1, -0.05) is 13.8 Å². The molecule has 0 spiro atoms. The molecular formula is C14H19N3O2S. The first-order chi connectivity index (χ1) is 9.49. The van der Waals surface area contributed by atoms with E-state index < -0.39 is 9.84 Å². The molecule has 0 N–H and O–H groups in total. The number of hydrogen-bond donors (Lipinski definition) is 0. The summed E-state index contributed by atoms with van der Waals surface area (Å²) in [7, 11) is -2.95. The van der Waals surface area contributed by atoms with Crippen molar-refractivity contribution < 1.29 is 8.42 Å². The van der Waals surface area contributed by atoms with Crippen LogP contribution in [0.15, 0.2) is 18.3 Å². The average Bonchev–Trinajstić information content (AvgIpc) is 2.92. The molecule has 108 valence electrons. The lowest BCUT2D eigenvalue weighted by Gasteiger charge is -2.15. The van der Waals surface area contributed by atoms with Crippen LogP contribution in [0.3, 0.4) is 0 Å². The van der Waals surface area contributed by atoms with Crippen LogP contribution in [0.5, 0.6) is 0 Å². The molecule has 0 radical (unpaired) electrons. The van der Waals surface area contributed by atoms with Crippen LogP contribution >= 0.6 is 0 Å². The minimum atomic E-state index is -2.95. The first kappa shape index (κ1) is 13.5. The van der Waals surface area contributed by atoms with E-state index in [2.05, 4.69) is 23.8 Å². The van der Waals surface area contributed by atoms with E-state index in [1.807, 2.05) is 16.7 Å². The van der Waals surface area contributed by atoms with Gasteiger partial charge in [0.1, 0.15) is 11.3 Å². The van der Waals surface area contributed by atoms with Crippen molar-refractivity contribution in [2.75, 3.05) is 5.75 Å². The summed E-state index contributed by atoms with van der Waals surface area (Å²) in [6.45, 7) is 4.62. The zero-order valence-electron chi connectivity index (χ0n) is 11.8. The number of aromatic nitrogens is 3. The van der Waals surface area contributed by atoms with Gasteiger partial charge < -0.3 is 4.57 Å². The Balaban J connectivity index is 2.08. The zero-order chi connectivity index (χ0) is 14.3. The van der Waals surface area contributed by atoms with Gasteiger partial charge in [-0.05, 0) is 25.0 Å². The summed E-state index contributed by atoms with van der Waals surface area (Å²) in [5.41, 5.74) is 1.63. The monoisotopic (exact) mass is 293 g/mol. The van der Waals surface area contributed by atoms with Crippen LogP contribution in [0, 0.1) is 0 Å². The number of fused-ring (bicyclic) bond motifs is 1. The van der Waals surface area contributed by atoms with Crippen molar-refractivity contribution in [1.82, 2.24) is 14.5 Å². The molecule has 20 heavy (non-hydrogen) atoms. The maximum Gasteiger partial charge on any atom is 0.160 e. The van der Waals surface area contributed by atoms with Crippen LogP contribution in [0.1, 0.15) is 38.4 Å². The maximum atomic E-state index is 12.1. The van der Waals surface area contributed by atoms with Crippen molar-refractivity contribution >= 4 is 21.0 Å². The standard InChI is InChI=1S/C14H19N3O2S/c1-10(2)13-16-12-6-3-7-15-14(12)17(13)9-11-5-4-8-20(11,18)19/h3,6-7,10-11H,4-5,8-9H2,1-2H3. The highest BCUT2D eigenvalue weighted by molar-refractivity contribution is 7.92. The fourth-order valence-electron chi connectivity index (χ4n) is 2.86. The number of sulfone groups is 1. The molecule has 3 rings (SSSR count). The van der Waals surface area contributed by atoms with Gasteiger partial charge in [0.05, 0.1) is 11.0 Å². The molecule has 0 bridgehead atoms. The Hall–Kier alpha value is -1.43. The molecule has 5 nitrogen and oxygen atoms in total. The van der Waals surface area contributed by atoms with Crippen LogP contribution in [0.2, 0.25) is 0 Å². The summed E-state index contributed by atoms with van der Waals surface area (Å²) < 4.78 is 26.1. The Labute approximate surface area is 119 Å². The largest absolute Gasteiger partial charge is 0.311 e. The van der Waals surface area contributed by atoms with Crippen LogP contribution in [0.4, 0.5) is 0 Å². The minimum Gasteiger partial charge on any atom is -0.311 e. The fourth-order valence-corrected chi connectivity index (χ4v) is 4.67. The third kappa shape index (κ3) is 2.22. The highest BCUT2D eigenvalue weighted by atomic mass is 32.2. The second kappa shape index (κ2) is 4.84. The molecular weight excluding hydrogens is 274 g/mol. The SMILES string of the molecule is CC(C)c1nc2cccnc2n1CC1CCCS1(=O)=O. The number of rotatable bonds is 3. The highest BCUT2D eigenvalue weighted by Crippen LogP contribution is 2.26. The molecule has 0 saturated carbocycles. The van der Waals surface area contributed by atoms with E-state index in [0.717, 1.165) is 29.8 Å². The quantitative estimate of drug-likeness (QED) is 0.869. The molecule has 6 heteroatoms. The highest BCUT2D eigenvalue weighted by Gasteiger charge is 2.32. The molecule has 2 aromatic rings. The fraction of sp³-hybridized carbons (Fsp3) is 0.571. The molecule has 1 saturated heterocycles. The number of imidazole rings is 1. The summed E-state index contributed by atoms with van der Waals surface area (Å²) in [6, 6.07) is 3.78. The third-order valence-corrected chi connectivity index (χ3v) is 6.16. The number of pyridine rings is 1. The number of nitrogens with zero attached hydrogens (tertiary/aromatic N) is 3. The smallest absolute Gasteiger partial charge is 0.160 e. The maximum absolute atomic E-state index is 12.1. The molecule has 1 aliphatic rings. The summed E-state index contributed by atoms with van der Waals surface area (Å²) in [5.74, 6) is 1.48. The summed E-state index contributed by atoms with van der Waals surface area (Å²) in [4.78, 5) is 8.99. The molecule has 1 fully saturated rings. The van der Waals surface area contributed by atoms with E-state index in [1.165, 1.54) is 0 Å². The van der Waals surface area contributed by atoms with Gasteiger partial charge >= 0.3 is 0 Å². The Morgan fingerprint density at radius 2 is 2.25 bits per heavy atom. The van der Waals surface area contributed by atoms with E-state index >= 15 is 0 Å². The lowest BCUT2D eigenvalue weighted by molar-refractivity contribution is 0.555. The van der Waals surface area contributed by atoms with Crippen LogP contribution in [-0.2, 0) is 16.4 Å². The van der Waals surface area contributed by atoms with E-state index in [4.69, 9.17) is 0 Å². The van der Waals surface area contributed by atoms with E-state index in [1.54, 1.807) is 6.20 Å². The van der Waals surface area contributed by atoms with Crippen molar-refractivity contribution in [3.63, 3.8) is 0 Å². The van der Waals surface area contributed by atoms with Crippen LogP contribution in [0.25, 0.3) is 11.2 Å². The molecule has 0 aromatic carbocycles. The minimum absolute atomic E-state index is 0.244. The van der Waals surface area contributed by atoms with Gasteiger partial charge in [-0.2, -0.15) is 0 Å². The molecule has 1 aliphatic heterocycles. The Kier molecular flexibility index (Phi) is 3.28. The van der Waals surface area contributed by atoms with Crippen LogP contribution in [-0.4, -0.2) is 34.0 Å². The summed E-state index contributed by atoms with van der Waals surface area (Å²) in [5, 5.41) is -0.292. The first-order valence-corrected chi connectivity index (χ1v) is 8.73. The van der Waals surface area contributed by atoms with Crippen molar-refractivity contribution in [1.29, 1.82) is 0 Å². The van der Waals surface area contributed by atoms with Gasteiger partial charge in [-0.3, -0.25) is 0 Å². The topological polar surface area (TPSA) is 64.8 Å². The van der Waals surface area contributed by atoms with Crippen molar-refractivity contribution in [2.45, 2.75) is 44.4 Å². The van der Waals surface area contributed by atoms with E-state index in [-0.39, 0.29) is 11.2 Å². The van der Waals surface area contributed by atoms with Gasteiger partial charge in [-0.25, -0.2) is 18.4 Å². The predicted octanol–water partition coefficient (Wildman–Crippen LogP) is 2.13. The molecule has 2 aromatic heterocycles. The lowest BCUT2D eigenvalue weighted by Crippen LogP contribution is -2.23. The lowest BCUT2D eigenvalue weighted by atomic mass is 10.2. The second-order valence-electron chi connectivity index (χ2n) is 5.71. The second-order valence-corrected chi connectivity index (χ2v) is 8.11. The predicted molar refractivity (Wildman–Crippen MR) is 78.4 cm³/mol. The van der Waals surface area contributed by atoms with Crippen molar-refractivity contribution in [2.24, 2.45) is 0 Å². The molecule has 0 aliphatic carbocycles. The van der Waals surface area contributed by atoms with Crippen LogP contribution < -0.4 is 0 Å². The zero-order valence-corrected chi connectivity index (χ0v) is 12.6. The van der Waals surface area contributed by atoms with E-state index in [9.17, 15) is 8.42 Å². The summed E-state index contributed by atoms with van der Waals surface area (Å²) in [6.07, 6.45) is 3.24. The third-order valence-electron chi connectivity index (χ3n) is 3.90. The van der Waals surface area contributed by atoms with Crippen molar-refractivity contribution in [3.05, 3.63) is 24.2 Å². The summed E-state index contributed by atoms with van der Waals surface area (Å²) >= 11 is 0. The van der Waals surface area contributed by atoms with Crippen molar-refractivity contribution in [3.8, 4) is 0 Å².